The fraction of sp³-hybridized carbons (Fsp3) is 0.0455. The number of aromatic nitrogens is 2. The summed E-state index contributed by atoms with van der Waals surface area (Å²) in [6.07, 6.45) is 0. The lowest BCUT2D eigenvalue weighted by atomic mass is 10.1. The van der Waals surface area contributed by atoms with E-state index in [1.165, 1.54) is 18.2 Å². The molecule has 0 aliphatic rings. The Kier molecular flexibility index (Phi) is 5.05. The second kappa shape index (κ2) is 7.82. The number of hydrogen-bond donors (Lipinski definition) is 1. The Bertz CT molecular complexity index is 1340. The van der Waals surface area contributed by atoms with Crippen LogP contribution in [0.3, 0.4) is 0 Å². The molecule has 3 aromatic carbocycles. The van der Waals surface area contributed by atoms with Gasteiger partial charge in [0.05, 0.1) is 22.2 Å². The van der Waals surface area contributed by atoms with E-state index in [1.54, 1.807) is 30.3 Å². The number of rotatable bonds is 4. The third-order valence-electron chi connectivity index (χ3n) is 4.48. The Labute approximate surface area is 168 Å². The lowest BCUT2D eigenvalue weighted by Crippen LogP contribution is -2.30. The number of anilines is 1. The van der Waals surface area contributed by atoms with E-state index in [4.69, 9.17) is 0 Å². The maximum atomic E-state index is 14.4. The molecule has 150 valence electrons. The molecule has 8 heteroatoms. The maximum absolute atomic E-state index is 14.4. The zero-order chi connectivity index (χ0) is 21.3. The molecular weight excluding hydrogens is 395 g/mol. The first-order chi connectivity index (χ1) is 14.4. The number of amides is 1. The molecule has 4 aromatic rings. The van der Waals surface area contributed by atoms with E-state index in [0.29, 0.717) is 11.6 Å². The normalized spacial score (nSPS) is 10.9. The molecule has 0 spiro atoms. The number of fused-ring (bicyclic) bond motifs is 1. The monoisotopic (exact) mass is 409 g/mol. The van der Waals surface area contributed by atoms with Crippen molar-refractivity contribution in [1.29, 1.82) is 0 Å². The molecule has 1 N–H and O–H groups in total. The topological polar surface area (TPSA) is 64.0 Å². The zero-order valence-electron chi connectivity index (χ0n) is 15.4. The molecule has 0 atom stereocenters. The first kappa shape index (κ1) is 19.4. The van der Waals surface area contributed by atoms with Crippen LogP contribution in [0.5, 0.6) is 0 Å². The fourth-order valence-electron chi connectivity index (χ4n) is 3.09. The summed E-state index contributed by atoms with van der Waals surface area (Å²) in [5, 5.41) is 2.54. The van der Waals surface area contributed by atoms with Gasteiger partial charge >= 0.3 is 0 Å². The maximum Gasteiger partial charge on any atom is 0.262 e. The van der Waals surface area contributed by atoms with Crippen molar-refractivity contribution in [1.82, 2.24) is 9.55 Å². The molecule has 1 aromatic heterocycles. The summed E-state index contributed by atoms with van der Waals surface area (Å²) in [6, 6.07) is 14.9. The van der Waals surface area contributed by atoms with Gasteiger partial charge in [-0.1, -0.05) is 24.3 Å². The minimum atomic E-state index is -0.957. The molecule has 1 heterocycles. The van der Waals surface area contributed by atoms with Gasteiger partial charge in [-0.05, 0) is 36.4 Å². The van der Waals surface area contributed by atoms with Crippen molar-refractivity contribution in [3.63, 3.8) is 0 Å². The molecule has 0 unspecified atom stereocenters. The Balaban J connectivity index is 1.80. The quantitative estimate of drug-likeness (QED) is 0.552. The molecule has 0 aliphatic heterocycles. The molecule has 1 amide bonds. The largest absolute Gasteiger partial charge is 0.322 e. The van der Waals surface area contributed by atoms with Crippen LogP contribution in [-0.2, 0) is 11.3 Å². The van der Waals surface area contributed by atoms with Crippen LogP contribution in [0.1, 0.15) is 0 Å². The third kappa shape index (κ3) is 3.67. The van der Waals surface area contributed by atoms with Gasteiger partial charge in [-0.3, -0.25) is 14.2 Å². The number of benzene rings is 3. The van der Waals surface area contributed by atoms with E-state index >= 15 is 0 Å². The molecule has 30 heavy (non-hydrogen) atoms. The summed E-state index contributed by atoms with van der Waals surface area (Å²) >= 11 is 0. The summed E-state index contributed by atoms with van der Waals surface area (Å²) in [5.41, 5.74) is -0.396. The van der Waals surface area contributed by atoms with Crippen LogP contribution in [0.4, 0.5) is 18.9 Å². The average molecular weight is 409 g/mol. The highest BCUT2D eigenvalue weighted by Gasteiger charge is 2.18. The minimum Gasteiger partial charge on any atom is -0.322 e. The van der Waals surface area contributed by atoms with Crippen LogP contribution in [0.15, 0.2) is 71.5 Å². The van der Waals surface area contributed by atoms with Gasteiger partial charge in [0, 0.05) is 6.07 Å². The SMILES string of the molecule is O=C(Cn1c(-c2ccccc2F)nc2ccccc2c1=O)Nc1ccc(F)cc1F. The number of halogens is 3. The van der Waals surface area contributed by atoms with Crippen LogP contribution in [0.25, 0.3) is 22.3 Å². The Morgan fingerprint density at radius 1 is 0.933 bits per heavy atom. The summed E-state index contributed by atoms with van der Waals surface area (Å²) in [6.45, 7) is -0.544. The van der Waals surface area contributed by atoms with Crippen LogP contribution in [0.2, 0.25) is 0 Å². The van der Waals surface area contributed by atoms with E-state index in [2.05, 4.69) is 10.3 Å². The van der Waals surface area contributed by atoms with Gasteiger partial charge in [-0.15, -0.1) is 0 Å². The van der Waals surface area contributed by atoms with Crippen molar-refractivity contribution in [2.45, 2.75) is 6.54 Å². The van der Waals surface area contributed by atoms with E-state index < -0.39 is 35.5 Å². The smallest absolute Gasteiger partial charge is 0.262 e. The Morgan fingerprint density at radius 3 is 2.43 bits per heavy atom. The zero-order valence-corrected chi connectivity index (χ0v) is 15.4. The van der Waals surface area contributed by atoms with E-state index in [1.807, 2.05) is 0 Å². The summed E-state index contributed by atoms with van der Waals surface area (Å²) in [5.74, 6) is -3.15. The van der Waals surface area contributed by atoms with Gasteiger partial charge in [-0.25, -0.2) is 18.2 Å². The van der Waals surface area contributed by atoms with E-state index in [9.17, 15) is 22.8 Å². The molecular formula is C22H14F3N3O2. The van der Waals surface area contributed by atoms with E-state index in [-0.39, 0.29) is 22.5 Å². The van der Waals surface area contributed by atoms with Crippen molar-refractivity contribution < 1.29 is 18.0 Å². The number of carbonyl (C=O) groups excluding carboxylic acids is 1. The first-order valence-electron chi connectivity index (χ1n) is 8.93. The van der Waals surface area contributed by atoms with E-state index in [0.717, 1.165) is 16.7 Å². The fourth-order valence-corrected chi connectivity index (χ4v) is 3.09. The number of hydrogen-bond acceptors (Lipinski definition) is 3. The van der Waals surface area contributed by atoms with Crippen LogP contribution < -0.4 is 10.9 Å². The van der Waals surface area contributed by atoms with Crippen LogP contribution in [-0.4, -0.2) is 15.5 Å². The van der Waals surface area contributed by atoms with Gasteiger partial charge in [0.1, 0.15) is 29.8 Å². The Morgan fingerprint density at radius 2 is 1.67 bits per heavy atom. The highest BCUT2D eigenvalue weighted by molar-refractivity contribution is 5.91. The summed E-state index contributed by atoms with van der Waals surface area (Å²) < 4.78 is 42.4. The Hall–Kier alpha value is -3.94. The number of nitrogens with zero attached hydrogens (tertiary/aromatic N) is 2. The van der Waals surface area contributed by atoms with Gasteiger partial charge < -0.3 is 5.32 Å². The average Bonchev–Trinajstić information content (AvgIpc) is 2.73. The highest BCUT2D eigenvalue weighted by atomic mass is 19.1. The van der Waals surface area contributed by atoms with Gasteiger partial charge in [-0.2, -0.15) is 0 Å². The lowest BCUT2D eigenvalue weighted by molar-refractivity contribution is -0.116. The van der Waals surface area contributed by atoms with Crippen molar-refractivity contribution in [3.8, 4) is 11.4 Å². The standard InChI is InChI=1S/C22H14F3N3O2/c23-13-9-10-19(17(25)11-13)26-20(29)12-28-21(14-5-1-3-7-16(14)24)27-18-8-4-2-6-15(18)22(28)30/h1-11H,12H2,(H,26,29). The van der Waals surface area contributed by atoms with Crippen molar-refractivity contribution in [2.75, 3.05) is 5.32 Å². The highest BCUT2D eigenvalue weighted by Crippen LogP contribution is 2.22. The van der Waals surface area contributed by atoms with Crippen molar-refractivity contribution >= 4 is 22.5 Å². The van der Waals surface area contributed by atoms with Crippen molar-refractivity contribution in [3.05, 3.63) is 94.5 Å². The molecule has 0 fully saturated rings. The van der Waals surface area contributed by atoms with Crippen LogP contribution >= 0.6 is 0 Å². The predicted molar refractivity (Wildman–Crippen MR) is 106 cm³/mol. The second-order valence-electron chi connectivity index (χ2n) is 6.50. The molecule has 0 radical (unpaired) electrons. The lowest BCUT2D eigenvalue weighted by Gasteiger charge is -2.14. The molecule has 5 nitrogen and oxygen atoms in total. The molecule has 0 bridgehead atoms. The number of nitrogens with one attached hydrogen (secondary N) is 1. The van der Waals surface area contributed by atoms with Crippen LogP contribution in [0, 0.1) is 17.5 Å². The number of para-hydroxylation sites is 1. The van der Waals surface area contributed by atoms with Gasteiger partial charge in [0.2, 0.25) is 5.91 Å². The third-order valence-corrected chi connectivity index (χ3v) is 4.48. The summed E-state index contributed by atoms with van der Waals surface area (Å²) in [7, 11) is 0. The summed E-state index contributed by atoms with van der Waals surface area (Å²) in [4.78, 5) is 29.9. The van der Waals surface area contributed by atoms with Gasteiger partial charge in [0.15, 0.2) is 0 Å². The predicted octanol–water partition coefficient (Wildman–Crippen LogP) is 4.12. The minimum absolute atomic E-state index is 0.0356. The molecule has 0 saturated heterocycles. The molecule has 0 saturated carbocycles. The molecule has 0 aliphatic carbocycles. The second-order valence-corrected chi connectivity index (χ2v) is 6.50. The first-order valence-corrected chi connectivity index (χ1v) is 8.93. The van der Waals surface area contributed by atoms with Crippen molar-refractivity contribution in [2.24, 2.45) is 0 Å². The number of carbonyl (C=O) groups is 1. The van der Waals surface area contributed by atoms with Gasteiger partial charge in [0.25, 0.3) is 5.56 Å². The molecule has 4 rings (SSSR count).